The molecular formula is C20H18ClNO4. The van der Waals surface area contributed by atoms with Crippen LogP contribution in [0.2, 0.25) is 5.02 Å². The van der Waals surface area contributed by atoms with Crippen molar-refractivity contribution in [3.05, 3.63) is 70.4 Å². The van der Waals surface area contributed by atoms with E-state index >= 15 is 0 Å². The van der Waals surface area contributed by atoms with E-state index in [9.17, 15) is 9.59 Å². The number of hydrogen-bond acceptors (Lipinski definition) is 4. The second-order valence-corrected chi connectivity index (χ2v) is 6.33. The monoisotopic (exact) mass is 371 g/mol. The molecule has 0 bridgehead atoms. The van der Waals surface area contributed by atoms with Crippen LogP contribution in [0.4, 0.5) is 0 Å². The molecule has 3 aromatic rings. The summed E-state index contributed by atoms with van der Waals surface area (Å²) in [5.74, 6) is -1.01. The first-order chi connectivity index (χ1) is 12.5. The average Bonchev–Trinajstić information content (AvgIpc) is 3.04. The van der Waals surface area contributed by atoms with Crippen molar-refractivity contribution in [3.8, 4) is 0 Å². The summed E-state index contributed by atoms with van der Waals surface area (Å²) in [5.41, 5.74) is 2.88. The highest BCUT2D eigenvalue weighted by Crippen LogP contribution is 2.23. The summed E-state index contributed by atoms with van der Waals surface area (Å²) in [6.07, 6.45) is 0.719. The van der Waals surface area contributed by atoms with E-state index in [1.165, 1.54) is 11.1 Å². The molecule has 0 unspecified atom stereocenters. The molecule has 134 valence electrons. The summed E-state index contributed by atoms with van der Waals surface area (Å²) < 4.78 is 10.4. The number of hydrogen-bond donors (Lipinski definition) is 1. The summed E-state index contributed by atoms with van der Waals surface area (Å²) in [6.45, 7) is 2.15. The highest BCUT2D eigenvalue weighted by molar-refractivity contribution is 6.31. The molecule has 0 spiro atoms. The van der Waals surface area contributed by atoms with Gasteiger partial charge in [-0.05, 0) is 48.7 Å². The zero-order valence-corrected chi connectivity index (χ0v) is 15.0. The SMILES string of the molecule is Cc1ccccc1CCNC(=O)COC(=O)c1cc2cc(Cl)ccc2o1. The lowest BCUT2D eigenvalue weighted by Gasteiger charge is -2.07. The molecule has 0 radical (unpaired) electrons. The van der Waals surface area contributed by atoms with E-state index in [1.54, 1.807) is 24.3 Å². The van der Waals surface area contributed by atoms with E-state index in [0.29, 0.717) is 22.5 Å². The maximum absolute atomic E-state index is 12.0. The second kappa shape index (κ2) is 8.06. The van der Waals surface area contributed by atoms with Gasteiger partial charge in [0.15, 0.2) is 6.61 Å². The van der Waals surface area contributed by atoms with Crippen LogP contribution in [-0.4, -0.2) is 25.0 Å². The Bertz CT molecular complexity index is 948. The third-order valence-corrected chi connectivity index (χ3v) is 4.23. The number of halogens is 1. The number of carbonyl (C=O) groups excluding carboxylic acids is 2. The van der Waals surface area contributed by atoms with Crippen molar-refractivity contribution in [2.75, 3.05) is 13.2 Å². The maximum atomic E-state index is 12.0. The van der Waals surface area contributed by atoms with Crippen LogP contribution in [0.25, 0.3) is 11.0 Å². The molecule has 1 amide bonds. The fourth-order valence-corrected chi connectivity index (χ4v) is 2.78. The van der Waals surface area contributed by atoms with E-state index in [0.717, 1.165) is 6.42 Å². The minimum absolute atomic E-state index is 0.0370. The number of benzene rings is 2. The Labute approximate surface area is 155 Å². The molecule has 6 heteroatoms. The molecular weight excluding hydrogens is 354 g/mol. The molecule has 0 saturated carbocycles. The molecule has 1 heterocycles. The maximum Gasteiger partial charge on any atom is 0.374 e. The highest BCUT2D eigenvalue weighted by Gasteiger charge is 2.15. The van der Waals surface area contributed by atoms with Gasteiger partial charge in [-0.25, -0.2) is 4.79 Å². The Kier molecular flexibility index (Phi) is 5.58. The van der Waals surface area contributed by atoms with Crippen molar-refractivity contribution in [2.45, 2.75) is 13.3 Å². The van der Waals surface area contributed by atoms with Crippen LogP contribution in [-0.2, 0) is 16.0 Å². The number of amides is 1. The zero-order chi connectivity index (χ0) is 18.5. The Morgan fingerprint density at radius 3 is 2.77 bits per heavy atom. The van der Waals surface area contributed by atoms with Gasteiger partial charge in [0.05, 0.1) is 0 Å². The standard InChI is InChI=1S/C20H18ClNO4/c1-13-4-2-3-5-14(13)8-9-22-19(23)12-25-20(24)18-11-15-10-16(21)6-7-17(15)26-18/h2-7,10-11H,8-9,12H2,1H3,(H,22,23). The zero-order valence-electron chi connectivity index (χ0n) is 14.3. The van der Waals surface area contributed by atoms with E-state index in [-0.39, 0.29) is 18.3 Å². The van der Waals surface area contributed by atoms with Crippen molar-refractivity contribution in [1.82, 2.24) is 5.32 Å². The number of aryl methyl sites for hydroxylation is 1. The third kappa shape index (κ3) is 4.43. The van der Waals surface area contributed by atoms with Gasteiger partial charge in [0, 0.05) is 17.0 Å². The van der Waals surface area contributed by atoms with Crippen molar-refractivity contribution in [2.24, 2.45) is 0 Å². The van der Waals surface area contributed by atoms with Crippen LogP contribution in [0.1, 0.15) is 21.7 Å². The molecule has 0 fully saturated rings. The predicted octanol–water partition coefficient (Wildman–Crippen LogP) is 3.91. The molecule has 5 nitrogen and oxygen atoms in total. The highest BCUT2D eigenvalue weighted by atomic mass is 35.5. The van der Waals surface area contributed by atoms with E-state index in [4.69, 9.17) is 20.8 Å². The van der Waals surface area contributed by atoms with Crippen molar-refractivity contribution >= 4 is 34.4 Å². The largest absolute Gasteiger partial charge is 0.450 e. The quantitative estimate of drug-likeness (QED) is 0.667. The average molecular weight is 372 g/mol. The molecule has 2 aromatic carbocycles. The topological polar surface area (TPSA) is 68.5 Å². The summed E-state index contributed by atoms with van der Waals surface area (Å²) in [6, 6.07) is 14.6. The van der Waals surface area contributed by atoms with Gasteiger partial charge in [-0.1, -0.05) is 35.9 Å². The molecule has 3 rings (SSSR count). The van der Waals surface area contributed by atoms with Gasteiger partial charge in [0.25, 0.3) is 5.91 Å². The van der Waals surface area contributed by atoms with Gasteiger partial charge in [0.2, 0.25) is 5.76 Å². The number of fused-ring (bicyclic) bond motifs is 1. The smallest absolute Gasteiger partial charge is 0.374 e. The molecule has 0 saturated heterocycles. The second-order valence-electron chi connectivity index (χ2n) is 5.90. The lowest BCUT2D eigenvalue weighted by molar-refractivity contribution is -0.124. The third-order valence-electron chi connectivity index (χ3n) is 3.99. The Hall–Kier alpha value is -2.79. The molecule has 1 aromatic heterocycles. The van der Waals surface area contributed by atoms with Gasteiger partial charge in [-0.2, -0.15) is 0 Å². The van der Waals surface area contributed by atoms with Crippen LogP contribution in [0.3, 0.4) is 0 Å². The molecule has 0 aliphatic heterocycles. The Balaban J connectivity index is 1.47. The number of carbonyl (C=O) groups is 2. The fraction of sp³-hybridized carbons (Fsp3) is 0.200. The van der Waals surface area contributed by atoms with Gasteiger partial charge in [0.1, 0.15) is 5.58 Å². The van der Waals surface area contributed by atoms with Crippen molar-refractivity contribution < 1.29 is 18.7 Å². The van der Waals surface area contributed by atoms with Crippen LogP contribution in [0.5, 0.6) is 0 Å². The molecule has 1 N–H and O–H groups in total. The summed E-state index contributed by atoms with van der Waals surface area (Å²) >= 11 is 5.90. The van der Waals surface area contributed by atoms with E-state index in [2.05, 4.69) is 5.32 Å². The number of rotatable bonds is 6. The predicted molar refractivity (Wildman–Crippen MR) is 99.4 cm³/mol. The first-order valence-corrected chi connectivity index (χ1v) is 8.58. The summed E-state index contributed by atoms with van der Waals surface area (Å²) in [5, 5.41) is 3.98. The first kappa shape index (κ1) is 18.0. The molecule has 0 aliphatic carbocycles. The van der Waals surface area contributed by atoms with Crippen molar-refractivity contribution in [1.29, 1.82) is 0 Å². The minimum atomic E-state index is -0.689. The van der Waals surface area contributed by atoms with E-state index < -0.39 is 5.97 Å². The lowest BCUT2D eigenvalue weighted by atomic mass is 10.1. The first-order valence-electron chi connectivity index (χ1n) is 8.20. The van der Waals surface area contributed by atoms with Crippen LogP contribution in [0, 0.1) is 6.92 Å². The summed E-state index contributed by atoms with van der Waals surface area (Å²) in [7, 11) is 0. The Morgan fingerprint density at radius 1 is 1.15 bits per heavy atom. The van der Waals surface area contributed by atoms with Crippen molar-refractivity contribution in [3.63, 3.8) is 0 Å². The normalized spacial score (nSPS) is 10.7. The molecule has 0 aliphatic rings. The minimum Gasteiger partial charge on any atom is -0.450 e. The van der Waals surface area contributed by atoms with Crippen LogP contribution >= 0.6 is 11.6 Å². The van der Waals surface area contributed by atoms with Crippen LogP contribution in [0.15, 0.2) is 52.9 Å². The number of nitrogens with one attached hydrogen (secondary N) is 1. The van der Waals surface area contributed by atoms with E-state index in [1.807, 2.05) is 31.2 Å². The lowest BCUT2D eigenvalue weighted by Crippen LogP contribution is -2.30. The van der Waals surface area contributed by atoms with Gasteiger partial charge in [-0.15, -0.1) is 0 Å². The molecule has 0 atom stereocenters. The number of furan rings is 1. The number of esters is 1. The fourth-order valence-electron chi connectivity index (χ4n) is 2.60. The van der Waals surface area contributed by atoms with Gasteiger partial charge < -0.3 is 14.5 Å². The summed E-state index contributed by atoms with van der Waals surface area (Å²) in [4.78, 5) is 23.8. The van der Waals surface area contributed by atoms with Gasteiger partial charge in [-0.3, -0.25) is 4.79 Å². The van der Waals surface area contributed by atoms with Crippen LogP contribution < -0.4 is 5.32 Å². The molecule has 26 heavy (non-hydrogen) atoms. The van der Waals surface area contributed by atoms with Gasteiger partial charge >= 0.3 is 5.97 Å². The number of ether oxygens (including phenoxy) is 1. The Morgan fingerprint density at radius 2 is 1.96 bits per heavy atom.